The number of ether oxygens (including phenoxy) is 1. The van der Waals surface area contributed by atoms with Gasteiger partial charge >= 0.3 is 5.97 Å². The van der Waals surface area contributed by atoms with Gasteiger partial charge in [-0.2, -0.15) is 0 Å². The molecular weight excluding hydrogens is 229 g/mol. The second-order valence-electron chi connectivity index (χ2n) is 3.01. The molecular formula is C11H8FNO4. The van der Waals surface area contributed by atoms with Crippen molar-refractivity contribution in [3.8, 4) is 11.8 Å². The number of benzene rings is 1. The first-order valence-electron chi connectivity index (χ1n) is 4.53. The van der Waals surface area contributed by atoms with Crippen LogP contribution in [-0.2, 0) is 9.53 Å². The smallest absolute Gasteiger partial charge is 0.317 e. The van der Waals surface area contributed by atoms with Gasteiger partial charge in [0.2, 0.25) is 0 Å². The average Bonchev–Trinajstić information content (AvgIpc) is 2.28. The second kappa shape index (κ2) is 5.61. The number of carbonyl (C=O) groups is 1. The predicted molar refractivity (Wildman–Crippen MR) is 56.6 cm³/mol. The number of hydrogen-bond acceptors (Lipinski definition) is 4. The number of rotatable bonds is 2. The highest BCUT2D eigenvalue weighted by molar-refractivity contribution is 5.72. The van der Waals surface area contributed by atoms with Gasteiger partial charge in [-0.25, -0.2) is 4.39 Å². The molecule has 0 heterocycles. The van der Waals surface area contributed by atoms with E-state index >= 15 is 0 Å². The zero-order valence-corrected chi connectivity index (χ0v) is 8.90. The molecule has 0 amide bonds. The summed E-state index contributed by atoms with van der Waals surface area (Å²) < 4.78 is 17.3. The number of nitrogens with zero attached hydrogens (tertiary/aromatic N) is 1. The molecule has 0 aliphatic carbocycles. The summed E-state index contributed by atoms with van der Waals surface area (Å²) in [5, 5.41) is 10.5. The Hall–Kier alpha value is -2.42. The zero-order chi connectivity index (χ0) is 12.8. The van der Waals surface area contributed by atoms with Crippen LogP contribution in [0.3, 0.4) is 0 Å². The number of carbonyl (C=O) groups excluding carboxylic acids is 1. The number of halogens is 1. The Morgan fingerprint density at radius 3 is 2.82 bits per heavy atom. The molecule has 0 atom stereocenters. The zero-order valence-electron chi connectivity index (χ0n) is 8.90. The lowest BCUT2D eigenvalue weighted by Crippen LogP contribution is -1.97. The fourth-order valence-corrected chi connectivity index (χ4v) is 1.04. The minimum atomic E-state index is -0.749. The van der Waals surface area contributed by atoms with Crippen molar-refractivity contribution in [1.82, 2.24) is 0 Å². The molecule has 1 aromatic carbocycles. The molecule has 5 nitrogen and oxygen atoms in total. The highest BCUT2D eigenvalue weighted by atomic mass is 19.1. The lowest BCUT2D eigenvalue weighted by Gasteiger charge is -1.94. The monoisotopic (exact) mass is 237 g/mol. The highest BCUT2D eigenvalue weighted by Gasteiger charge is 2.08. The van der Waals surface area contributed by atoms with Crippen molar-refractivity contribution in [1.29, 1.82) is 0 Å². The van der Waals surface area contributed by atoms with Gasteiger partial charge in [0.15, 0.2) is 0 Å². The van der Waals surface area contributed by atoms with Crippen LogP contribution in [0.4, 0.5) is 10.1 Å². The molecule has 0 aliphatic heterocycles. The fraction of sp³-hybridized carbons (Fsp3) is 0.182. The topological polar surface area (TPSA) is 69.4 Å². The van der Waals surface area contributed by atoms with Crippen molar-refractivity contribution in [2.75, 3.05) is 7.11 Å². The van der Waals surface area contributed by atoms with E-state index in [2.05, 4.69) is 16.6 Å². The van der Waals surface area contributed by atoms with Crippen LogP contribution in [0.25, 0.3) is 0 Å². The summed E-state index contributed by atoms with van der Waals surface area (Å²) in [4.78, 5) is 20.5. The molecule has 0 saturated carbocycles. The molecule has 0 spiro atoms. The number of hydrogen-bond donors (Lipinski definition) is 0. The minimum Gasteiger partial charge on any atom is -0.468 e. The van der Waals surface area contributed by atoms with Gasteiger partial charge in [0, 0.05) is 11.6 Å². The van der Waals surface area contributed by atoms with E-state index in [9.17, 15) is 19.3 Å². The minimum absolute atomic E-state index is 0.139. The maximum atomic E-state index is 13.0. The van der Waals surface area contributed by atoms with E-state index in [0.29, 0.717) is 0 Å². The summed E-state index contributed by atoms with van der Waals surface area (Å²) >= 11 is 0. The SMILES string of the molecule is COC(=O)CC#Cc1cc(F)cc([N+](=O)[O-])c1. The first-order valence-corrected chi connectivity index (χ1v) is 4.53. The van der Waals surface area contributed by atoms with Gasteiger partial charge in [-0.15, -0.1) is 0 Å². The normalized spacial score (nSPS) is 9.06. The molecule has 0 bridgehead atoms. The van der Waals surface area contributed by atoms with Gasteiger partial charge in [0.05, 0.1) is 18.1 Å². The Morgan fingerprint density at radius 2 is 2.24 bits per heavy atom. The molecule has 0 N–H and O–H groups in total. The fourth-order valence-electron chi connectivity index (χ4n) is 1.04. The maximum absolute atomic E-state index is 13.0. The number of nitro benzene ring substituents is 1. The molecule has 1 aromatic rings. The third-order valence-corrected chi connectivity index (χ3v) is 1.79. The van der Waals surface area contributed by atoms with Crippen molar-refractivity contribution >= 4 is 11.7 Å². The average molecular weight is 237 g/mol. The van der Waals surface area contributed by atoms with Gasteiger partial charge in [-0.1, -0.05) is 11.8 Å². The predicted octanol–water partition coefficient (Wildman–Crippen LogP) is 1.65. The summed E-state index contributed by atoms with van der Waals surface area (Å²) in [5.74, 6) is 3.61. The Labute approximate surface area is 96.3 Å². The lowest BCUT2D eigenvalue weighted by molar-refractivity contribution is -0.385. The van der Waals surface area contributed by atoms with E-state index < -0.39 is 16.7 Å². The molecule has 0 aliphatic rings. The quantitative estimate of drug-likeness (QED) is 0.339. The molecule has 0 saturated heterocycles. The Balaban J connectivity index is 2.91. The van der Waals surface area contributed by atoms with Gasteiger partial charge in [0.1, 0.15) is 12.2 Å². The van der Waals surface area contributed by atoms with E-state index in [0.717, 1.165) is 18.2 Å². The summed E-state index contributed by atoms with van der Waals surface area (Å²) in [5.41, 5.74) is -0.243. The number of non-ortho nitro benzene ring substituents is 1. The highest BCUT2D eigenvalue weighted by Crippen LogP contribution is 2.15. The summed E-state index contributed by atoms with van der Waals surface area (Å²) in [6.07, 6.45) is -0.152. The molecule has 17 heavy (non-hydrogen) atoms. The molecule has 0 aromatic heterocycles. The Kier molecular flexibility index (Phi) is 4.17. The number of esters is 1. The van der Waals surface area contributed by atoms with Crippen LogP contribution in [0.5, 0.6) is 0 Å². The first kappa shape index (κ1) is 12.6. The molecule has 0 fully saturated rings. The van der Waals surface area contributed by atoms with Gasteiger partial charge in [0.25, 0.3) is 5.69 Å². The van der Waals surface area contributed by atoms with Crippen LogP contribution in [0.1, 0.15) is 12.0 Å². The van der Waals surface area contributed by atoms with Crippen molar-refractivity contribution < 1.29 is 18.8 Å². The van der Waals surface area contributed by atoms with Crippen LogP contribution < -0.4 is 0 Å². The molecule has 88 valence electrons. The van der Waals surface area contributed by atoms with Gasteiger partial charge in [-0.3, -0.25) is 14.9 Å². The summed E-state index contributed by atoms with van der Waals surface area (Å²) in [6.45, 7) is 0. The van der Waals surface area contributed by atoms with Crippen molar-refractivity contribution in [3.05, 3.63) is 39.7 Å². The van der Waals surface area contributed by atoms with Crippen LogP contribution in [-0.4, -0.2) is 18.0 Å². The van der Waals surface area contributed by atoms with E-state index in [1.807, 2.05) is 0 Å². The number of nitro groups is 1. The Morgan fingerprint density at radius 1 is 1.53 bits per heavy atom. The molecule has 1 rings (SSSR count). The van der Waals surface area contributed by atoms with Crippen LogP contribution >= 0.6 is 0 Å². The van der Waals surface area contributed by atoms with Gasteiger partial charge < -0.3 is 4.74 Å². The Bertz CT molecular complexity index is 516. The summed E-state index contributed by atoms with van der Waals surface area (Å²) in [6, 6.07) is 2.98. The van der Waals surface area contributed by atoms with E-state index in [1.165, 1.54) is 7.11 Å². The van der Waals surface area contributed by atoms with Crippen molar-refractivity contribution in [2.24, 2.45) is 0 Å². The molecule has 6 heteroatoms. The third kappa shape index (κ3) is 3.91. The molecule has 0 radical (unpaired) electrons. The van der Waals surface area contributed by atoms with E-state index in [4.69, 9.17) is 0 Å². The van der Waals surface area contributed by atoms with Crippen LogP contribution in [0, 0.1) is 27.8 Å². The maximum Gasteiger partial charge on any atom is 0.317 e. The summed E-state index contributed by atoms with van der Waals surface area (Å²) in [7, 11) is 1.22. The van der Waals surface area contributed by atoms with E-state index in [1.54, 1.807) is 0 Å². The second-order valence-corrected chi connectivity index (χ2v) is 3.01. The molecule has 0 unspecified atom stereocenters. The van der Waals surface area contributed by atoms with E-state index in [-0.39, 0.29) is 17.7 Å². The van der Waals surface area contributed by atoms with Crippen molar-refractivity contribution in [2.45, 2.75) is 6.42 Å². The third-order valence-electron chi connectivity index (χ3n) is 1.79. The number of methoxy groups -OCH3 is 1. The first-order chi connectivity index (χ1) is 8.02. The lowest BCUT2D eigenvalue weighted by atomic mass is 10.2. The van der Waals surface area contributed by atoms with Crippen LogP contribution in [0.15, 0.2) is 18.2 Å². The van der Waals surface area contributed by atoms with Crippen molar-refractivity contribution in [3.63, 3.8) is 0 Å². The van der Waals surface area contributed by atoms with Gasteiger partial charge in [-0.05, 0) is 6.07 Å². The standard InChI is InChI=1S/C11H8FNO4/c1-17-11(14)4-2-3-8-5-9(12)7-10(6-8)13(15)16/h5-7H,4H2,1H3. The van der Waals surface area contributed by atoms with Crippen LogP contribution in [0.2, 0.25) is 0 Å². The largest absolute Gasteiger partial charge is 0.468 e.